The zero-order valence-electron chi connectivity index (χ0n) is 15.6. The van der Waals surface area contributed by atoms with Gasteiger partial charge in [0.2, 0.25) is 5.91 Å². The Kier molecular flexibility index (Phi) is 4.86. The fraction of sp³-hybridized carbons (Fsp3) is 0.450. The molecule has 1 fully saturated rings. The van der Waals surface area contributed by atoms with Crippen LogP contribution in [0, 0.1) is 13.8 Å². The summed E-state index contributed by atoms with van der Waals surface area (Å²) in [5.41, 5.74) is 2.47. The van der Waals surface area contributed by atoms with Crippen LogP contribution in [0.25, 0.3) is 11.3 Å². The summed E-state index contributed by atoms with van der Waals surface area (Å²) in [5.74, 6) is 0.304. The van der Waals surface area contributed by atoms with E-state index in [4.69, 9.17) is 4.74 Å². The van der Waals surface area contributed by atoms with Gasteiger partial charge < -0.3 is 10.1 Å². The molecule has 1 saturated carbocycles. The van der Waals surface area contributed by atoms with E-state index in [2.05, 4.69) is 10.3 Å². The van der Waals surface area contributed by atoms with Gasteiger partial charge in [-0.3, -0.25) is 14.5 Å². The molecule has 142 valence electrons. The second-order valence-corrected chi connectivity index (χ2v) is 8.54. The van der Waals surface area contributed by atoms with Crippen molar-refractivity contribution in [2.24, 2.45) is 0 Å². The van der Waals surface area contributed by atoms with E-state index < -0.39 is 0 Å². The molecule has 7 heteroatoms. The average Bonchev–Trinajstić information content (AvgIpc) is 3.26. The SMILES string of the molecule is Cc1nc(-c2ccc3c(c2)N(CC(=O)NC2CCCC2)C(=O)CO3)c(C)s1. The third-order valence-corrected chi connectivity index (χ3v) is 5.99. The van der Waals surface area contributed by atoms with Crippen molar-refractivity contribution in [2.45, 2.75) is 45.6 Å². The largest absolute Gasteiger partial charge is 0.482 e. The van der Waals surface area contributed by atoms with E-state index in [9.17, 15) is 9.59 Å². The predicted molar refractivity (Wildman–Crippen MR) is 105 cm³/mol. The maximum atomic E-state index is 12.5. The second-order valence-electron chi connectivity index (χ2n) is 7.14. The van der Waals surface area contributed by atoms with E-state index in [-0.39, 0.29) is 31.0 Å². The van der Waals surface area contributed by atoms with Crippen molar-refractivity contribution in [3.05, 3.63) is 28.1 Å². The summed E-state index contributed by atoms with van der Waals surface area (Å²) < 4.78 is 5.57. The molecular formula is C20H23N3O3S. The molecule has 0 radical (unpaired) electrons. The number of thiazole rings is 1. The number of aromatic nitrogens is 1. The van der Waals surface area contributed by atoms with E-state index in [0.717, 1.165) is 46.8 Å². The number of hydrogen-bond acceptors (Lipinski definition) is 5. The Hall–Kier alpha value is -2.41. The van der Waals surface area contributed by atoms with Gasteiger partial charge in [0.1, 0.15) is 12.3 Å². The van der Waals surface area contributed by atoms with Crippen LogP contribution in [0.15, 0.2) is 18.2 Å². The van der Waals surface area contributed by atoms with Gasteiger partial charge in [0.25, 0.3) is 5.91 Å². The van der Waals surface area contributed by atoms with Crippen molar-refractivity contribution in [1.82, 2.24) is 10.3 Å². The number of benzene rings is 1. The van der Waals surface area contributed by atoms with Gasteiger partial charge >= 0.3 is 0 Å². The molecule has 6 nitrogen and oxygen atoms in total. The Morgan fingerprint density at radius 1 is 1.33 bits per heavy atom. The average molecular weight is 385 g/mol. The summed E-state index contributed by atoms with van der Waals surface area (Å²) in [6.45, 7) is 3.99. The highest BCUT2D eigenvalue weighted by molar-refractivity contribution is 7.11. The van der Waals surface area contributed by atoms with Crippen LogP contribution in [-0.4, -0.2) is 36.0 Å². The van der Waals surface area contributed by atoms with Gasteiger partial charge in [-0.1, -0.05) is 12.8 Å². The Morgan fingerprint density at radius 2 is 2.11 bits per heavy atom. The fourth-order valence-corrected chi connectivity index (χ4v) is 4.65. The number of amides is 2. The molecule has 1 aliphatic heterocycles. The first-order valence-corrected chi connectivity index (χ1v) is 10.1. The number of fused-ring (bicyclic) bond motifs is 1. The summed E-state index contributed by atoms with van der Waals surface area (Å²) in [7, 11) is 0. The van der Waals surface area contributed by atoms with Crippen LogP contribution in [-0.2, 0) is 9.59 Å². The van der Waals surface area contributed by atoms with E-state index >= 15 is 0 Å². The number of aryl methyl sites for hydroxylation is 2. The van der Waals surface area contributed by atoms with Gasteiger partial charge in [0, 0.05) is 16.5 Å². The summed E-state index contributed by atoms with van der Waals surface area (Å²) in [6.07, 6.45) is 4.35. The molecule has 0 atom stereocenters. The zero-order chi connectivity index (χ0) is 19.0. The molecule has 2 amide bonds. The topological polar surface area (TPSA) is 71.5 Å². The molecule has 1 aromatic heterocycles. The first-order chi connectivity index (χ1) is 13.0. The van der Waals surface area contributed by atoms with Crippen LogP contribution < -0.4 is 15.0 Å². The zero-order valence-corrected chi connectivity index (χ0v) is 16.4. The number of nitrogens with zero attached hydrogens (tertiary/aromatic N) is 2. The number of ether oxygens (including phenoxy) is 1. The van der Waals surface area contributed by atoms with Gasteiger partial charge in [0.05, 0.1) is 16.4 Å². The molecule has 27 heavy (non-hydrogen) atoms. The minimum Gasteiger partial charge on any atom is -0.482 e. The summed E-state index contributed by atoms with van der Waals surface area (Å²) in [6, 6.07) is 5.94. The Labute approximate surface area is 162 Å². The van der Waals surface area contributed by atoms with Crippen molar-refractivity contribution in [3.63, 3.8) is 0 Å². The number of rotatable bonds is 4. The summed E-state index contributed by atoms with van der Waals surface area (Å²) in [4.78, 5) is 32.2. The van der Waals surface area contributed by atoms with Crippen LogP contribution in [0.3, 0.4) is 0 Å². The number of anilines is 1. The van der Waals surface area contributed by atoms with Gasteiger partial charge in [-0.15, -0.1) is 11.3 Å². The number of hydrogen-bond donors (Lipinski definition) is 1. The standard InChI is InChI=1S/C20H23N3O3S/c1-12-20(21-13(2)27-12)14-7-8-17-16(9-14)23(19(25)11-26-17)10-18(24)22-15-5-3-4-6-15/h7-9,15H,3-6,10-11H2,1-2H3,(H,22,24). The van der Waals surface area contributed by atoms with Crippen molar-refractivity contribution in [3.8, 4) is 17.0 Å². The fourth-order valence-electron chi connectivity index (χ4n) is 3.81. The molecule has 0 saturated heterocycles. The maximum absolute atomic E-state index is 12.5. The normalized spacial score (nSPS) is 17.0. The summed E-state index contributed by atoms with van der Waals surface area (Å²) >= 11 is 1.64. The van der Waals surface area contributed by atoms with E-state index in [1.807, 2.05) is 32.0 Å². The van der Waals surface area contributed by atoms with Gasteiger partial charge in [0.15, 0.2) is 6.61 Å². The highest BCUT2D eigenvalue weighted by atomic mass is 32.1. The lowest BCUT2D eigenvalue weighted by atomic mass is 10.1. The van der Waals surface area contributed by atoms with Crippen molar-refractivity contribution >= 4 is 28.8 Å². The first-order valence-electron chi connectivity index (χ1n) is 9.32. The van der Waals surface area contributed by atoms with Crippen LogP contribution in [0.1, 0.15) is 35.6 Å². The van der Waals surface area contributed by atoms with Crippen LogP contribution >= 0.6 is 11.3 Å². The molecule has 2 aromatic rings. The molecule has 1 N–H and O–H groups in total. The third-order valence-electron chi connectivity index (χ3n) is 5.10. The van der Waals surface area contributed by atoms with Crippen molar-refractivity contribution in [2.75, 3.05) is 18.1 Å². The van der Waals surface area contributed by atoms with E-state index in [1.54, 1.807) is 11.3 Å². The molecule has 1 aromatic carbocycles. The van der Waals surface area contributed by atoms with Crippen LogP contribution in [0.5, 0.6) is 5.75 Å². The van der Waals surface area contributed by atoms with E-state index in [0.29, 0.717) is 11.4 Å². The Bertz CT molecular complexity index is 887. The quantitative estimate of drug-likeness (QED) is 0.877. The van der Waals surface area contributed by atoms with Crippen molar-refractivity contribution in [1.29, 1.82) is 0 Å². The van der Waals surface area contributed by atoms with Crippen LogP contribution in [0.4, 0.5) is 5.69 Å². The second kappa shape index (κ2) is 7.31. The Balaban J connectivity index is 1.60. The van der Waals surface area contributed by atoms with Gasteiger partial charge in [-0.05, 0) is 44.9 Å². The lowest BCUT2D eigenvalue weighted by Crippen LogP contribution is -2.46. The minimum atomic E-state index is -0.201. The van der Waals surface area contributed by atoms with Gasteiger partial charge in [-0.2, -0.15) is 0 Å². The van der Waals surface area contributed by atoms with Crippen LogP contribution in [0.2, 0.25) is 0 Å². The smallest absolute Gasteiger partial charge is 0.265 e. The molecule has 0 unspecified atom stereocenters. The number of carbonyl (C=O) groups excluding carboxylic acids is 2. The lowest BCUT2D eigenvalue weighted by molar-refractivity contribution is -0.125. The Morgan fingerprint density at radius 3 is 2.81 bits per heavy atom. The number of carbonyl (C=O) groups is 2. The molecule has 0 bridgehead atoms. The third kappa shape index (κ3) is 3.69. The maximum Gasteiger partial charge on any atom is 0.265 e. The van der Waals surface area contributed by atoms with E-state index in [1.165, 1.54) is 4.90 Å². The molecule has 1 aliphatic carbocycles. The highest BCUT2D eigenvalue weighted by Crippen LogP contribution is 2.37. The number of nitrogens with one attached hydrogen (secondary N) is 1. The van der Waals surface area contributed by atoms with Crippen molar-refractivity contribution < 1.29 is 14.3 Å². The predicted octanol–water partition coefficient (Wildman–Crippen LogP) is 3.21. The minimum absolute atomic E-state index is 0.0181. The molecular weight excluding hydrogens is 362 g/mol. The lowest BCUT2D eigenvalue weighted by Gasteiger charge is -2.29. The first kappa shape index (κ1) is 18.0. The molecule has 2 aliphatic rings. The molecule has 2 heterocycles. The molecule has 4 rings (SSSR count). The van der Waals surface area contributed by atoms with Gasteiger partial charge in [-0.25, -0.2) is 4.98 Å². The monoisotopic (exact) mass is 385 g/mol. The molecule has 0 spiro atoms. The summed E-state index contributed by atoms with van der Waals surface area (Å²) in [5, 5.41) is 4.05. The highest BCUT2D eigenvalue weighted by Gasteiger charge is 2.29.